The molecule has 2 aromatic rings. The highest BCUT2D eigenvalue weighted by Crippen LogP contribution is 2.40. The van der Waals surface area contributed by atoms with Crippen LogP contribution in [0.1, 0.15) is 17.7 Å². The fraction of sp³-hybridized carbons (Fsp3) is 0.400. The number of aromatic nitrogens is 2. The zero-order valence-electron chi connectivity index (χ0n) is 11.6. The van der Waals surface area contributed by atoms with Gasteiger partial charge in [0, 0.05) is 23.5 Å². The summed E-state index contributed by atoms with van der Waals surface area (Å²) in [7, 11) is 0. The van der Waals surface area contributed by atoms with E-state index in [4.69, 9.17) is 11.6 Å². The summed E-state index contributed by atoms with van der Waals surface area (Å²) in [5, 5.41) is 4.32. The van der Waals surface area contributed by atoms with Crippen LogP contribution in [0.4, 0.5) is 0 Å². The van der Waals surface area contributed by atoms with Crippen LogP contribution >= 0.6 is 36.4 Å². The van der Waals surface area contributed by atoms with Gasteiger partial charge in [0.2, 0.25) is 0 Å². The van der Waals surface area contributed by atoms with Gasteiger partial charge in [-0.05, 0) is 48.9 Å². The van der Waals surface area contributed by atoms with Crippen LogP contribution in [0, 0.1) is 11.8 Å². The van der Waals surface area contributed by atoms with E-state index in [1.165, 1.54) is 17.7 Å². The maximum atomic E-state index is 5.86. The lowest BCUT2D eigenvalue weighted by Gasteiger charge is -2.04. The average molecular weight is 349 g/mol. The van der Waals surface area contributed by atoms with Crippen LogP contribution < -0.4 is 5.32 Å². The van der Waals surface area contributed by atoms with Crippen LogP contribution in [0.5, 0.6) is 0 Å². The molecule has 2 N–H and O–H groups in total. The maximum Gasteiger partial charge on any atom is 0.0921 e. The van der Waals surface area contributed by atoms with Gasteiger partial charge in [0.05, 0.1) is 6.33 Å². The number of aromatic amines is 1. The quantitative estimate of drug-likeness (QED) is 0.832. The highest BCUT2D eigenvalue weighted by molar-refractivity contribution is 6.30. The molecule has 1 aliphatic carbocycles. The van der Waals surface area contributed by atoms with E-state index in [9.17, 15) is 0 Å². The monoisotopic (exact) mass is 347 g/mol. The summed E-state index contributed by atoms with van der Waals surface area (Å²) < 4.78 is 0. The SMILES string of the molecule is Cl.Cl.Clc1ccc(CNC[C@@H]2C[C@H]2Cc2cnc[nH]2)cc1. The van der Waals surface area contributed by atoms with Crippen molar-refractivity contribution in [2.24, 2.45) is 11.8 Å². The minimum Gasteiger partial charge on any atom is -0.348 e. The molecule has 0 aliphatic heterocycles. The number of benzene rings is 1. The van der Waals surface area contributed by atoms with Gasteiger partial charge < -0.3 is 10.3 Å². The van der Waals surface area contributed by atoms with E-state index in [1.54, 1.807) is 6.33 Å². The van der Waals surface area contributed by atoms with E-state index in [1.807, 2.05) is 18.3 Å². The van der Waals surface area contributed by atoms with Gasteiger partial charge in [-0.25, -0.2) is 4.98 Å². The van der Waals surface area contributed by atoms with Crippen LogP contribution in [-0.4, -0.2) is 16.5 Å². The number of hydrogen-bond acceptors (Lipinski definition) is 2. The summed E-state index contributed by atoms with van der Waals surface area (Å²) in [5.74, 6) is 1.63. The van der Waals surface area contributed by atoms with Crippen molar-refractivity contribution in [3.63, 3.8) is 0 Å². The smallest absolute Gasteiger partial charge is 0.0921 e. The molecule has 0 unspecified atom stereocenters. The Balaban J connectivity index is 0.00000110. The molecule has 1 aromatic carbocycles. The normalized spacial score (nSPS) is 19.5. The number of halogens is 3. The molecule has 1 heterocycles. The van der Waals surface area contributed by atoms with Crippen molar-refractivity contribution in [2.45, 2.75) is 19.4 Å². The first-order valence-electron chi connectivity index (χ1n) is 6.73. The molecule has 1 fully saturated rings. The standard InChI is InChI=1S/C15H18ClN3.2ClH/c16-14-3-1-11(2-4-14)7-17-8-13-5-12(13)6-15-9-18-10-19-15;;/h1-4,9-10,12-13,17H,5-8H2,(H,18,19);2*1H/t12-,13-;;/m0../s1. The zero-order valence-corrected chi connectivity index (χ0v) is 14.0. The Morgan fingerprint density at radius 2 is 1.95 bits per heavy atom. The fourth-order valence-electron chi connectivity index (χ4n) is 2.49. The predicted molar refractivity (Wildman–Crippen MR) is 91.5 cm³/mol. The number of H-pyrrole nitrogens is 1. The third kappa shape index (κ3) is 5.51. The molecule has 3 rings (SSSR count). The van der Waals surface area contributed by atoms with Crippen molar-refractivity contribution in [1.82, 2.24) is 15.3 Å². The van der Waals surface area contributed by atoms with E-state index >= 15 is 0 Å². The highest BCUT2D eigenvalue weighted by Gasteiger charge is 2.36. The number of hydrogen-bond donors (Lipinski definition) is 2. The zero-order chi connectivity index (χ0) is 13.1. The number of nitrogens with one attached hydrogen (secondary N) is 2. The van der Waals surface area contributed by atoms with Crippen LogP contribution in [-0.2, 0) is 13.0 Å². The van der Waals surface area contributed by atoms with Gasteiger partial charge in [-0.1, -0.05) is 23.7 Å². The molecule has 116 valence electrons. The Morgan fingerprint density at radius 3 is 2.62 bits per heavy atom. The first-order valence-corrected chi connectivity index (χ1v) is 7.11. The van der Waals surface area contributed by atoms with Gasteiger partial charge in [0.1, 0.15) is 0 Å². The molecule has 0 radical (unpaired) electrons. The Hall–Kier alpha value is -0.740. The van der Waals surface area contributed by atoms with Gasteiger partial charge in [-0.15, -0.1) is 24.8 Å². The molecule has 3 nitrogen and oxygen atoms in total. The molecule has 0 spiro atoms. The lowest BCUT2D eigenvalue weighted by atomic mass is 10.2. The van der Waals surface area contributed by atoms with E-state index < -0.39 is 0 Å². The summed E-state index contributed by atoms with van der Waals surface area (Å²) in [4.78, 5) is 7.23. The lowest BCUT2D eigenvalue weighted by molar-refractivity contribution is 0.594. The molecule has 6 heteroatoms. The Kier molecular flexibility index (Phi) is 7.53. The van der Waals surface area contributed by atoms with E-state index in [0.717, 1.165) is 36.4 Å². The molecule has 1 aliphatic rings. The van der Waals surface area contributed by atoms with Crippen molar-refractivity contribution < 1.29 is 0 Å². The van der Waals surface area contributed by atoms with Crippen molar-refractivity contribution in [3.05, 3.63) is 53.1 Å². The van der Waals surface area contributed by atoms with Gasteiger partial charge in [-0.2, -0.15) is 0 Å². The van der Waals surface area contributed by atoms with E-state index in [-0.39, 0.29) is 24.8 Å². The van der Waals surface area contributed by atoms with Gasteiger partial charge in [-0.3, -0.25) is 0 Å². The minimum atomic E-state index is 0. The lowest BCUT2D eigenvalue weighted by Crippen LogP contribution is -2.17. The van der Waals surface area contributed by atoms with E-state index in [0.29, 0.717) is 0 Å². The second-order valence-electron chi connectivity index (χ2n) is 5.29. The molecular formula is C15H20Cl3N3. The second kappa shape index (κ2) is 8.64. The molecule has 1 aromatic heterocycles. The average Bonchev–Trinajstić information content (AvgIpc) is 2.93. The predicted octanol–water partition coefficient (Wildman–Crippen LogP) is 3.88. The van der Waals surface area contributed by atoms with Crippen molar-refractivity contribution in [1.29, 1.82) is 0 Å². The number of rotatable bonds is 6. The Morgan fingerprint density at radius 1 is 1.19 bits per heavy atom. The summed E-state index contributed by atoms with van der Waals surface area (Å²) in [6.07, 6.45) is 6.14. The van der Waals surface area contributed by atoms with Gasteiger partial charge in [0.15, 0.2) is 0 Å². The first kappa shape index (κ1) is 18.3. The van der Waals surface area contributed by atoms with Gasteiger partial charge >= 0.3 is 0 Å². The van der Waals surface area contributed by atoms with E-state index in [2.05, 4.69) is 27.4 Å². The molecule has 21 heavy (non-hydrogen) atoms. The Bertz CT molecular complexity index is 513. The summed E-state index contributed by atoms with van der Waals surface area (Å²) in [6.45, 7) is 2.02. The van der Waals surface area contributed by atoms with Crippen LogP contribution in [0.2, 0.25) is 5.02 Å². The summed E-state index contributed by atoms with van der Waals surface area (Å²) in [6, 6.07) is 8.03. The third-order valence-electron chi connectivity index (χ3n) is 3.75. The van der Waals surface area contributed by atoms with Gasteiger partial charge in [0.25, 0.3) is 0 Å². The van der Waals surface area contributed by atoms with Crippen LogP contribution in [0.3, 0.4) is 0 Å². The first-order chi connectivity index (χ1) is 9.31. The molecule has 1 saturated carbocycles. The van der Waals surface area contributed by atoms with Crippen LogP contribution in [0.15, 0.2) is 36.8 Å². The molecule has 0 amide bonds. The fourth-order valence-corrected chi connectivity index (χ4v) is 2.62. The van der Waals surface area contributed by atoms with Crippen molar-refractivity contribution in [3.8, 4) is 0 Å². The molecule has 2 atom stereocenters. The van der Waals surface area contributed by atoms with Crippen LogP contribution in [0.25, 0.3) is 0 Å². The summed E-state index contributed by atoms with van der Waals surface area (Å²) in [5.41, 5.74) is 2.54. The molecular weight excluding hydrogens is 329 g/mol. The third-order valence-corrected chi connectivity index (χ3v) is 4.01. The number of imidazole rings is 1. The minimum absolute atomic E-state index is 0. The number of nitrogens with zero attached hydrogens (tertiary/aromatic N) is 1. The second-order valence-corrected chi connectivity index (χ2v) is 5.73. The molecule has 0 saturated heterocycles. The highest BCUT2D eigenvalue weighted by atomic mass is 35.5. The topological polar surface area (TPSA) is 40.7 Å². The maximum absolute atomic E-state index is 5.86. The summed E-state index contributed by atoms with van der Waals surface area (Å²) >= 11 is 5.86. The van der Waals surface area contributed by atoms with Crippen molar-refractivity contribution >= 4 is 36.4 Å². The Labute approximate surface area is 142 Å². The largest absolute Gasteiger partial charge is 0.348 e. The van der Waals surface area contributed by atoms with Crippen molar-refractivity contribution in [2.75, 3.05) is 6.54 Å². The molecule has 0 bridgehead atoms.